The lowest BCUT2D eigenvalue weighted by Crippen LogP contribution is -2.41. The van der Waals surface area contributed by atoms with Crippen molar-refractivity contribution in [3.63, 3.8) is 0 Å². The van der Waals surface area contributed by atoms with Crippen LogP contribution in [-0.4, -0.2) is 55.8 Å². The fourth-order valence-electron chi connectivity index (χ4n) is 6.02. The Hall–Kier alpha value is -3.53. The SMILES string of the molecule is CCS(=O)(=O)c1ccc(CNC(=O)N2CC3(CCCC3)c3nc(-c4cnc(N(C)C)nc4C4CC4)ccc32)cc1. The van der Waals surface area contributed by atoms with Crippen LogP contribution in [0, 0.1) is 0 Å². The normalized spacial score (nSPS) is 17.7. The number of carbonyl (C=O) groups excluding carboxylic acids is 1. The Morgan fingerprint density at radius 2 is 1.80 bits per heavy atom. The lowest BCUT2D eigenvalue weighted by atomic mass is 9.84. The standard InChI is InChI=1S/C30H36N6O3S/c1-4-40(38,39)22-11-7-20(8-12-22)17-32-29(37)36-19-30(15-5-6-16-30)27-25(36)14-13-24(33-27)23-18-31-28(35(2)3)34-26(23)21-9-10-21/h7-8,11-14,18,21H,4-6,9-10,15-17,19H2,1-3H3,(H,32,37). The highest BCUT2D eigenvalue weighted by atomic mass is 32.2. The molecule has 0 unspecified atom stereocenters. The van der Waals surface area contributed by atoms with Gasteiger partial charge in [0.05, 0.1) is 33.4 Å². The summed E-state index contributed by atoms with van der Waals surface area (Å²) in [5.41, 5.74) is 5.51. The second-order valence-electron chi connectivity index (χ2n) is 11.5. The van der Waals surface area contributed by atoms with Gasteiger partial charge in [0.25, 0.3) is 0 Å². The van der Waals surface area contributed by atoms with E-state index in [-0.39, 0.29) is 17.2 Å². The quantitative estimate of drug-likeness (QED) is 0.441. The van der Waals surface area contributed by atoms with Crippen molar-refractivity contribution in [2.45, 2.75) is 68.2 Å². The van der Waals surface area contributed by atoms with Crippen molar-refractivity contribution in [1.29, 1.82) is 0 Å². The van der Waals surface area contributed by atoms with Crippen LogP contribution in [0.15, 0.2) is 47.5 Å². The first-order valence-electron chi connectivity index (χ1n) is 14.1. The number of amides is 2. The number of hydrogen-bond donors (Lipinski definition) is 1. The van der Waals surface area contributed by atoms with E-state index in [1.54, 1.807) is 31.2 Å². The average molecular weight is 561 g/mol. The molecule has 10 heteroatoms. The third kappa shape index (κ3) is 4.82. The van der Waals surface area contributed by atoms with Crippen LogP contribution in [0.2, 0.25) is 0 Å². The Kier molecular flexibility index (Phi) is 6.76. The smallest absolute Gasteiger partial charge is 0.322 e. The van der Waals surface area contributed by atoms with E-state index in [0.717, 1.165) is 72.4 Å². The molecule has 0 bridgehead atoms. The summed E-state index contributed by atoms with van der Waals surface area (Å²) in [6.45, 7) is 2.56. The summed E-state index contributed by atoms with van der Waals surface area (Å²) in [6, 6.07) is 10.6. The topological polar surface area (TPSA) is 108 Å². The van der Waals surface area contributed by atoms with Gasteiger partial charge in [-0.15, -0.1) is 0 Å². The van der Waals surface area contributed by atoms with Crippen molar-refractivity contribution < 1.29 is 13.2 Å². The number of urea groups is 1. The van der Waals surface area contributed by atoms with Gasteiger partial charge in [0.15, 0.2) is 9.84 Å². The minimum absolute atomic E-state index is 0.0608. The van der Waals surface area contributed by atoms with E-state index in [9.17, 15) is 13.2 Å². The number of hydrogen-bond acceptors (Lipinski definition) is 7. The molecule has 2 aliphatic carbocycles. The van der Waals surface area contributed by atoms with Crippen molar-refractivity contribution in [1.82, 2.24) is 20.3 Å². The number of pyridine rings is 1. The monoisotopic (exact) mass is 560 g/mol. The van der Waals surface area contributed by atoms with Crippen molar-refractivity contribution in [3.8, 4) is 11.3 Å². The third-order valence-electron chi connectivity index (χ3n) is 8.49. The summed E-state index contributed by atoms with van der Waals surface area (Å²) >= 11 is 0. The highest BCUT2D eigenvalue weighted by molar-refractivity contribution is 7.91. The van der Waals surface area contributed by atoms with Crippen LogP contribution < -0.4 is 15.1 Å². The summed E-state index contributed by atoms with van der Waals surface area (Å²) < 4.78 is 24.2. The number of carbonyl (C=O) groups is 1. The second-order valence-corrected chi connectivity index (χ2v) is 13.8. The van der Waals surface area contributed by atoms with Gasteiger partial charge in [-0.25, -0.2) is 28.2 Å². The Morgan fingerprint density at radius 1 is 1.07 bits per heavy atom. The summed E-state index contributed by atoms with van der Waals surface area (Å²) in [4.78, 5) is 32.2. The molecule has 0 saturated heterocycles. The van der Waals surface area contributed by atoms with E-state index in [1.165, 1.54) is 0 Å². The summed E-state index contributed by atoms with van der Waals surface area (Å²) in [5.74, 6) is 1.22. The van der Waals surface area contributed by atoms with E-state index in [1.807, 2.05) is 42.2 Å². The van der Waals surface area contributed by atoms with Crippen molar-refractivity contribution in [2.75, 3.05) is 36.2 Å². The fraction of sp³-hybridized carbons (Fsp3) is 0.467. The predicted molar refractivity (Wildman–Crippen MR) is 155 cm³/mol. The van der Waals surface area contributed by atoms with Gasteiger partial charge in [-0.3, -0.25) is 4.90 Å². The first-order chi connectivity index (χ1) is 19.2. The lowest BCUT2D eigenvalue weighted by molar-refractivity contribution is 0.245. The van der Waals surface area contributed by atoms with Crippen LogP contribution >= 0.6 is 0 Å². The molecule has 1 aromatic carbocycles. The number of nitrogens with zero attached hydrogens (tertiary/aromatic N) is 5. The Morgan fingerprint density at radius 3 is 2.45 bits per heavy atom. The molecule has 2 fully saturated rings. The lowest BCUT2D eigenvalue weighted by Gasteiger charge is -2.24. The molecule has 2 aromatic heterocycles. The van der Waals surface area contributed by atoms with Crippen LogP contribution in [0.4, 0.5) is 16.4 Å². The number of sulfone groups is 1. The number of fused-ring (bicyclic) bond motifs is 2. The van der Waals surface area contributed by atoms with E-state index < -0.39 is 9.84 Å². The molecule has 9 nitrogen and oxygen atoms in total. The van der Waals surface area contributed by atoms with Crippen LogP contribution in [-0.2, 0) is 21.8 Å². The second kappa shape index (κ2) is 10.1. The largest absolute Gasteiger partial charge is 0.347 e. The Bertz CT molecular complexity index is 1540. The molecule has 3 heterocycles. The number of benzene rings is 1. The van der Waals surface area contributed by atoms with E-state index >= 15 is 0 Å². The molecule has 210 valence electrons. The van der Waals surface area contributed by atoms with Gasteiger partial charge in [0.1, 0.15) is 0 Å². The minimum Gasteiger partial charge on any atom is -0.347 e. The molecule has 2 amide bonds. The molecular formula is C30H36N6O3S. The number of rotatable bonds is 7. The highest BCUT2D eigenvalue weighted by Crippen LogP contribution is 2.51. The zero-order valence-corrected chi connectivity index (χ0v) is 24.2. The third-order valence-corrected chi connectivity index (χ3v) is 10.2. The summed E-state index contributed by atoms with van der Waals surface area (Å²) in [7, 11) is 0.654. The number of aromatic nitrogens is 3. The van der Waals surface area contributed by atoms with E-state index in [2.05, 4.69) is 10.3 Å². The summed E-state index contributed by atoms with van der Waals surface area (Å²) in [6.07, 6.45) is 8.46. The molecule has 3 aliphatic rings. The van der Waals surface area contributed by atoms with E-state index in [0.29, 0.717) is 29.9 Å². The van der Waals surface area contributed by atoms with Crippen LogP contribution in [0.5, 0.6) is 0 Å². The Balaban J connectivity index is 1.26. The zero-order valence-electron chi connectivity index (χ0n) is 23.4. The van der Waals surface area contributed by atoms with Crippen LogP contribution in [0.1, 0.15) is 68.3 Å². The molecule has 2 saturated carbocycles. The van der Waals surface area contributed by atoms with Gasteiger partial charge in [-0.05, 0) is 55.5 Å². The molecule has 1 aliphatic heterocycles. The fourth-order valence-corrected chi connectivity index (χ4v) is 6.91. The molecule has 6 rings (SSSR count). The number of nitrogens with one attached hydrogen (secondary N) is 1. The molecule has 0 radical (unpaired) electrons. The average Bonchev–Trinajstić information content (AvgIpc) is 3.63. The van der Waals surface area contributed by atoms with Crippen LogP contribution in [0.3, 0.4) is 0 Å². The van der Waals surface area contributed by atoms with E-state index in [4.69, 9.17) is 9.97 Å². The summed E-state index contributed by atoms with van der Waals surface area (Å²) in [5, 5.41) is 3.04. The zero-order chi connectivity index (χ0) is 28.1. The Labute approximate surface area is 236 Å². The molecule has 1 spiro atoms. The number of anilines is 2. The van der Waals surface area contributed by atoms with Crippen molar-refractivity contribution in [2.24, 2.45) is 0 Å². The predicted octanol–water partition coefficient (Wildman–Crippen LogP) is 4.82. The van der Waals surface area contributed by atoms with Crippen LogP contribution in [0.25, 0.3) is 11.3 Å². The maximum Gasteiger partial charge on any atom is 0.322 e. The molecule has 1 N–H and O–H groups in total. The minimum atomic E-state index is -3.25. The highest BCUT2D eigenvalue weighted by Gasteiger charge is 2.48. The van der Waals surface area contributed by atoms with Gasteiger partial charge in [0, 0.05) is 50.3 Å². The van der Waals surface area contributed by atoms with Gasteiger partial charge < -0.3 is 10.2 Å². The van der Waals surface area contributed by atoms with Gasteiger partial charge in [-0.1, -0.05) is 31.9 Å². The molecule has 40 heavy (non-hydrogen) atoms. The first kappa shape index (κ1) is 26.7. The van der Waals surface area contributed by atoms with Crippen molar-refractivity contribution in [3.05, 3.63) is 59.5 Å². The molecule has 0 atom stereocenters. The first-order valence-corrected chi connectivity index (χ1v) is 15.8. The maximum atomic E-state index is 13.5. The molecular weight excluding hydrogens is 524 g/mol. The maximum absolute atomic E-state index is 13.5. The molecule has 3 aromatic rings. The van der Waals surface area contributed by atoms with Gasteiger partial charge in [0.2, 0.25) is 5.95 Å². The van der Waals surface area contributed by atoms with Gasteiger partial charge >= 0.3 is 6.03 Å². The van der Waals surface area contributed by atoms with Gasteiger partial charge in [-0.2, -0.15) is 0 Å². The van der Waals surface area contributed by atoms with Crippen molar-refractivity contribution >= 4 is 27.5 Å².